The smallest absolute Gasteiger partial charge is 1.00 e. The summed E-state index contributed by atoms with van der Waals surface area (Å²) in [5, 5.41) is 0. The fourth-order valence-electron chi connectivity index (χ4n) is 10.7. The molecule has 0 aromatic carbocycles. The van der Waals surface area contributed by atoms with E-state index in [4.69, 9.17) is 20.6 Å². The predicted molar refractivity (Wildman–Crippen MR) is 321 cm³/mol. The van der Waals surface area contributed by atoms with E-state index in [1.54, 1.807) is 22.3 Å². The van der Waals surface area contributed by atoms with Crippen LogP contribution in [0, 0.1) is 11.8 Å². The summed E-state index contributed by atoms with van der Waals surface area (Å²) in [7, 11) is -2.59. The fraction of sp³-hybridized carbons (Fsp3) is 0.677. The Balaban J connectivity index is -0.000000249. The van der Waals surface area contributed by atoms with E-state index in [1.165, 1.54) is 103 Å². The van der Waals surface area contributed by atoms with Gasteiger partial charge in [-0.3, -0.25) is 0 Å². The summed E-state index contributed by atoms with van der Waals surface area (Å²) in [5.41, 5.74) is 20.4. The molecule has 5 atom stereocenters. The third kappa shape index (κ3) is 28.8. The molecule has 0 amide bonds. The summed E-state index contributed by atoms with van der Waals surface area (Å²) in [4.78, 5) is 0. The van der Waals surface area contributed by atoms with Gasteiger partial charge in [0.05, 0.1) is 17.6 Å². The number of halogens is 2. The Morgan fingerprint density at radius 1 is 0.500 bits per heavy atom. The van der Waals surface area contributed by atoms with Gasteiger partial charge < -0.3 is 21.9 Å². The van der Waals surface area contributed by atoms with Gasteiger partial charge >= 0.3 is 56.6 Å². The Morgan fingerprint density at radius 2 is 0.778 bits per heavy atom. The van der Waals surface area contributed by atoms with E-state index in [-0.39, 0.29) is 76.4 Å². The van der Waals surface area contributed by atoms with Crippen LogP contribution in [0.2, 0.25) is 47.3 Å². The van der Waals surface area contributed by atoms with Crippen LogP contribution in [0.5, 0.6) is 0 Å². The van der Waals surface area contributed by atoms with Crippen LogP contribution in [0.25, 0.3) is 0 Å². The maximum absolute atomic E-state index is 6.27. The van der Waals surface area contributed by atoms with Crippen LogP contribution in [-0.4, -0.2) is 52.1 Å². The molecule has 10 heteroatoms. The third-order valence-corrected chi connectivity index (χ3v) is 25.4. The van der Waals surface area contributed by atoms with Gasteiger partial charge in [0.15, 0.2) is 0 Å². The Morgan fingerprint density at radius 3 is 0.944 bits per heavy atom. The minimum absolute atomic E-state index is 0. The number of ether oxygens (including phenoxy) is 2. The fourth-order valence-corrected chi connectivity index (χ4v) is 20.0. The van der Waals surface area contributed by atoms with E-state index in [2.05, 4.69) is 164 Å². The summed E-state index contributed by atoms with van der Waals surface area (Å²) in [6, 6.07) is 0. The van der Waals surface area contributed by atoms with E-state index >= 15 is 0 Å². The Bertz CT molecular complexity index is 1680. The van der Waals surface area contributed by atoms with E-state index in [0.29, 0.717) is 5.54 Å². The Kier molecular flexibility index (Phi) is 51.0. The molecule has 398 valence electrons. The number of hydrogen-bond acceptors (Lipinski definition) is 2. The van der Waals surface area contributed by atoms with Crippen LogP contribution >= 0.6 is 11.1 Å². The van der Waals surface area contributed by atoms with E-state index < -0.39 is 25.7 Å². The standard InChI is InChI=1S/C16H24Si.C13H18Si.C10H17ClSi.2C6H12.C4H8O.C4H10O.C2H6.CH4.ClH.3Li/c1-10-7-8-15(9-10)17(6)16-13(4)11(2)12(3)14(16)5;1-10-4-6-12(8-10)14(3)13-7-5-11(2)9-13;1-6-7(2)9(4)10(8(6)3)12(5)11;2*1-6-4-2-3-5-6;1-2-4-5-3-1;1-3-5-4-2;1-2;;;;;/h7-9,15-17H,1-6H3;4-9,12-14H,1-3H3;10,12H,1-5H3;2*6H,2-5H2,1H3;1-4H2;3-4H2,1-2H3;1-2H3;1H4;1H;;;/q;;;;;;;;;;3*+1/p-1. The molecule has 7 aliphatic carbocycles. The van der Waals surface area contributed by atoms with Crippen LogP contribution in [0.1, 0.15) is 189 Å². The van der Waals surface area contributed by atoms with Crippen molar-refractivity contribution in [2.75, 3.05) is 26.4 Å². The van der Waals surface area contributed by atoms with Crippen LogP contribution in [0.15, 0.2) is 116 Å². The van der Waals surface area contributed by atoms with Gasteiger partial charge in [-0.2, -0.15) is 11.1 Å². The summed E-state index contributed by atoms with van der Waals surface area (Å²) < 4.78 is 9.78. The van der Waals surface area contributed by atoms with Gasteiger partial charge in [-0.15, -0.1) is 0 Å². The Hall–Kier alpha value is 0.343. The molecule has 2 nitrogen and oxygen atoms in total. The largest absolute Gasteiger partial charge is 1.00 e. The van der Waals surface area contributed by atoms with Crippen molar-refractivity contribution in [1.82, 2.24) is 0 Å². The van der Waals surface area contributed by atoms with Gasteiger partial charge in [0.25, 0.3) is 0 Å². The normalized spacial score (nSPS) is 23.0. The minimum Gasteiger partial charge on any atom is -1.00 e. The van der Waals surface area contributed by atoms with Crippen molar-refractivity contribution in [3.8, 4) is 0 Å². The molecule has 2 saturated carbocycles. The maximum atomic E-state index is 6.27. The zero-order chi connectivity index (χ0) is 50.8. The summed E-state index contributed by atoms with van der Waals surface area (Å²) in [6.45, 7) is 48.3. The first kappa shape index (κ1) is 81.2. The average molecular weight is 1060 g/mol. The van der Waals surface area contributed by atoms with Crippen molar-refractivity contribution in [1.29, 1.82) is 0 Å². The quantitative estimate of drug-likeness (QED) is 0.191. The molecule has 5 unspecified atom stereocenters. The van der Waals surface area contributed by atoms with Crippen molar-refractivity contribution >= 4 is 36.8 Å². The molecule has 0 N–H and O–H groups in total. The Labute approximate surface area is 501 Å². The zero-order valence-corrected chi connectivity index (χ0v) is 55.9. The molecule has 0 bridgehead atoms. The zero-order valence-electron chi connectivity index (χ0n) is 50.9. The van der Waals surface area contributed by atoms with Crippen LogP contribution in [-0.2, 0) is 9.47 Å². The number of hydrogen-bond donors (Lipinski definition) is 0. The molecular weight excluding hydrogens is 953 g/mol. The monoisotopic (exact) mass is 1060 g/mol. The molecule has 1 aliphatic heterocycles. The van der Waals surface area contributed by atoms with Gasteiger partial charge in [-0.1, -0.05) is 200 Å². The summed E-state index contributed by atoms with van der Waals surface area (Å²) in [5.74, 6) is 2.09. The molecule has 0 aromatic heterocycles. The molecule has 8 aliphatic rings. The van der Waals surface area contributed by atoms with Gasteiger partial charge in [0.1, 0.15) is 8.11 Å². The molecule has 0 radical (unpaired) electrons. The maximum Gasteiger partial charge on any atom is 1.00 e. The molecule has 0 aromatic rings. The third-order valence-electron chi connectivity index (χ3n) is 15.8. The second-order valence-corrected chi connectivity index (χ2v) is 31.5. The van der Waals surface area contributed by atoms with Gasteiger partial charge in [-0.05, 0) is 159 Å². The van der Waals surface area contributed by atoms with Crippen LogP contribution < -0.4 is 69.0 Å². The van der Waals surface area contributed by atoms with Crippen LogP contribution in [0.3, 0.4) is 0 Å². The predicted octanol–water partition coefficient (Wildman–Crippen LogP) is 7.95. The number of rotatable bonds is 7. The molecule has 0 spiro atoms. The van der Waals surface area contributed by atoms with Crippen molar-refractivity contribution in [2.24, 2.45) is 11.8 Å². The summed E-state index contributed by atoms with van der Waals surface area (Å²) in [6.07, 6.45) is 35.8. The van der Waals surface area contributed by atoms with E-state index in [9.17, 15) is 0 Å². The average Bonchev–Trinajstić information content (AvgIpc) is 4.17. The van der Waals surface area contributed by atoms with Gasteiger partial charge in [0.2, 0.25) is 0 Å². The molecule has 1 heterocycles. The second kappa shape index (κ2) is 45.2. The minimum atomic E-state index is -1.06. The first-order valence-corrected chi connectivity index (χ1v) is 35.9. The topological polar surface area (TPSA) is 18.5 Å². The van der Waals surface area contributed by atoms with Crippen molar-refractivity contribution in [2.45, 2.75) is 237 Å². The molecule has 1 saturated heterocycles. The molecule has 3 fully saturated rings. The first-order valence-electron chi connectivity index (χ1n) is 27.4. The SMILES string of the molecule is C.C1CCOC1.CC.CC1=C(C)C([SiH](C)Cl)C(C)=C1C.CC1=CC([SiH](C)C2C(C)=C(C)C(C)=C2C)C=C1.CC1=CC([SiH](C)C2C=CC(C)=C2)C=C1.CC1CCCC1.CC1CCCC1.CCOCC.[Cl-].[Li+].[Li+].[Li+]. The first-order chi connectivity index (χ1) is 31.8. The molecule has 72 heavy (non-hydrogen) atoms. The van der Waals surface area contributed by atoms with E-state index in [1.807, 2.05) is 27.7 Å². The van der Waals surface area contributed by atoms with Crippen molar-refractivity contribution in [3.05, 3.63) is 116 Å². The number of allylic oxidation sites excluding steroid dienone is 20. The summed E-state index contributed by atoms with van der Waals surface area (Å²) >= 11 is 6.27. The van der Waals surface area contributed by atoms with Gasteiger partial charge in [0, 0.05) is 32.0 Å². The van der Waals surface area contributed by atoms with Crippen LogP contribution in [0.4, 0.5) is 0 Å². The molecule has 8 rings (SSSR count). The van der Waals surface area contributed by atoms with Gasteiger partial charge in [-0.25, -0.2) is 0 Å². The molecular formula is C62H111Cl2Li3O2Si3+2. The van der Waals surface area contributed by atoms with Crippen molar-refractivity contribution in [3.63, 3.8) is 0 Å². The van der Waals surface area contributed by atoms with Crippen molar-refractivity contribution < 1.29 is 78.5 Å². The van der Waals surface area contributed by atoms with E-state index in [0.717, 1.165) is 60.4 Å². The second-order valence-electron chi connectivity index (χ2n) is 21.0.